The number of benzene rings is 1. The molecule has 1 aliphatic rings. The first-order chi connectivity index (χ1) is 8.60. The normalized spacial score (nSPS) is 18.2. The van der Waals surface area contributed by atoms with E-state index in [1.807, 2.05) is 0 Å². The molecule has 0 saturated heterocycles. The highest BCUT2D eigenvalue weighted by Crippen LogP contribution is 2.32. The summed E-state index contributed by atoms with van der Waals surface area (Å²) in [5.74, 6) is 0.944. The van der Waals surface area contributed by atoms with E-state index in [4.69, 9.17) is 17.1 Å². The van der Waals surface area contributed by atoms with Crippen molar-refractivity contribution in [2.45, 2.75) is 25.8 Å². The van der Waals surface area contributed by atoms with Crippen LogP contribution in [-0.4, -0.2) is 11.9 Å². The lowest BCUT2D eigenvalue weighted by Gasteiger charge is -2.08. The van der Waals surface area contributed by atoms with E-state index in [-0.39, 0.29) is 0 Å². The molecule has 0 amide bonds. The lowest BCUT2D eigenvalue weighted by atomic mass is 10.2. The van der Waals surface area contributed by atoms with Crippen molar-refractivity contribution < 1.29 is 0 Å². The fraction of sp³-hybridized carbons (Fsp3) is 0.364. The van der Waals surface area contributed by atoms with Crippen LogP contribution in [-0.2, 0) is 0 Å². The lowest BCUT2D eigenvalue weighted by Crippen LogP contribution is -2.08. The van der Waals surface area contributed by atoms with Crippen LogP contribution in [0, 0.1) is 9.10 Å². The molecule has 18 heavy (non-hydrogen) atoms. The van der Waals surface area contributed by atoms with Crippen molar-refractivity contribution >= 4 is 51.4 Å². The van der Waals surface area contributed by atoms with E-state index in [0.29, 0.717) is 16.8 Å². The summed E-state index contributed by atoms with van der Waals surface area (Å²) in [5.41, 5.74) is 8.17. The van der Waals surface area contributed by atoms with Crippen molar-refractivity contribution in [3.63, 3.8) is 0 Å². The molecular formula is C11H12ClIN5+. The van der Waals surface area contributed by atoms with Crippen LogP contribution < -0.4 is 10.2 Å². The Kier molecular flexibility index (Phi) is 4.31. The third-order valence-electron chi connectivity index (χ3n) is 2.65. The number of aliphatic imine (C=N–C) groups is 1. The zero-order valence-corrected chi connectivity index (χ0v) is 12.7. The number of halogens is 2. The lowest BCUT2D eigenvalue weighted by molar-refractivity contribution is 0.739. The number of amidine groups is 1. The van der Waals surface area contributed by atoms with Crippen molar-refractivity contribution in [1.29, 1.82) is 5.53 Å². The Bertz CT molecular complexity index is 551. The Morgan fingerprint density at radius 3 is 3.00 bits per heavy atom. The maximum atomic E-state index is 6.79. The summed E-state index contributed by atoms with van der Waals surface area (Å²) in [7, 11) is 0. The largest absolute Gasteiger partial charge is 0.343 e. The molecule has 1 unspecified atom stereocenters. The first kappa shape index (κ1) is 13.5. The van der Waals surface area contributed by atoms with Crippen LogP contribution in [0.1, 0.15) is 19.8 Å². The minimum absolute atomic E-state index is 0.363. The van der Waals surface area contributed by atoms with Gasteiger partial charge >= 0.3 is 0 Å². The molecular weight excluding hydrogens is 365 g/mol. The summed E-state index contributed by atoms with van der Waals surface area (Å²) in [5, 5.41) is 7.58. The number of rotatable bonds is 2. The van der Waals surface area contributed by atoms with E-state index in [0.717, 1.165) is 27.9 Å². The Morgan fingerprint density at radius 1 is 1.61 bits per heavy atom. The second-order valence-electron chi connectivity index (χ2n) is 4.07. The van der Waals surface area contributed by atoms with Crippen LogP contribution in [0.5, 0.6) is 0 Å². The molecule has 1 heterocycles. The van der Waals surface area contributed by atoms with Gasteiger partial charge in [0.2, 0.25) is 4.91 Å². The van der Waals surface area contributed by atoms with Gasteiger partial charge in [-0.1, -0.05) is 11.6 Å². The highest BCUT2D eigenvalue weighted by atomic mass is 127. The monoisotopic (exact) mass is 376 g/mol. The molecule has 0 fully saturated rings. The predicted octanol–water partition coefficient (Wildman–Crippen LogP) is 4.12. The number of anilines is 1. The molecule has 0 spiro atoms. The summed E-state index contributed by atoms with van der Waals surface area (Å²) >= 11 is 8.29. The summed E-state index contributed by atoms with van der Waals surface area (Å²) in [4.78, 5) is 7.53. The van der Waals surface area contributed by atoms with Gasteiger partial charge in [-0.15, -0.1) is 0 Å². The van der Waals surface area contributed by atoms with Crippen LogP contribution in [0.3, 0.4) is 0 Å². The minimum Gasteiger partial charge on any atom is -0.343 e. The van der Waals surface area contributed by atoms with E-state index in [1.165, 1.54) is 0 Å². The van der Waals surface area contributed by atoms with Gasteiger partial charge in [0, 0.05) is 16.0 Å². The number of hydrogen-bond donors (Lipinski definition) is 2. The maximum Gasteiger partial charge on any atom is 0.220 e. The van der Waals surface area contributed by atoms with Gasteiger partial charge in [-0.3, -0.25) is 4.99 Å². The minimum atomic E-state index is 0.363. The van der Waals surface area contributed by atoms with Crippen molar-refractivity contribution in [3.8, 4) is 0 Å². The second kappa shape index (κ2) is 5.77. The molecule has 0 aromatic heterocycles. The van der Waals surface area contributed by atoms with Crippen LogP contribution in [0.25, 0.3) is 0 Å². The second-order valence-corrected chi connectivity index (χ2v) is 5.64. The van der Waals surface area contributed by atoms with Crippen LogP contribution in [0.2, 0.25) is 5.02 Å². The highest BCUT2D eigenvalue weighted by Gasteiger charge is 2.16. The van der Waals surface area contributed by atoms with E-state index in [2.05, 4.69) is 49.8 Å². The molecule has 0 saturated carbocycles. The summed E-state index contributed by atoms with van der Waals surface area (Å²) in [6.45, 7) is 2.09. The zero-order chi connectivity index (χ0) is 13.1. The fourth-order valence-corrected chi connectivity index (χ4v) is 2.72. The van der Waals surface area contributed by atoms with E-state index < -0.39 is 0 Å². The van der Waals surface area contributed by atoms with Gasteiger partial charge in [0.05, 0.1) is 10.7 Å². The zero-order valence-electron chi connectivity index (χ0n) is 9.74. The molecule has 0 aliphatic carbocycles. The smallest absolute Gasteiger partial charge is 0.220 e. The Hall–Kier alpha value is -0.980. The molecule has 2 rings (SSSR count). The fourth-order valence-electron chi connectivity index (χ4n) is 1.75. The van der Waals surface area contributed by atoms with Gasteiger partial charge in [0.15, 0.2) is 10.8 Å². The third kappa shape index (κ3) is 3.07. The summed E-state index contributed by atoms with van der Waals surface area (Å²) in [6.07, 6.45) is 1.99. The van der Waals surface area contributed by atoms with Gasteiger partial charge in [-0.05, 0) is 48.1 Å². The van der Waals surface area contributed by atoms with E-state index in [9.17, 15) is 0 Å². The van der Waals surface area contributed by atoms with Crippen LogP contribution >= 0.6 is 34.2 Å². The van der Waals surface area contributed by atoms with Crippen LogP contribution in [0.15, 0.2) is 22.2 Å². The molecule has 1 aromatic rings. The quantitative estimate of drug-likeness (QED) is 0.455. The predicted molar refractivity (Wildman–Crippen MR) is 80.9 cm³/mol. The molecule has 2 N–H and O–H groups in total. The van der Waals surface area contributed by atoms with Gasteiger partial charge in [-0.25, -0.2) is 0 Å². The van der Waals surface area contributed by atoms with Gasteiger partial charge < -0.3 is 5.32 Å². The van der Waals surface area contributed by atoms with Crippen molar-refractivity contribution in [2.75, 3.05) is 5.32 Å². The third-order valence-corrected chi connectivity index (χ3v) is 3.83. The van der Waals surface area contributed by atoms with E-state index >= 15 is 0 Å². The molecule has 1 aliphatic heterocycles. The van der Waals surface area contributed by atoms with Gasteiger partial charge in [0.25, 0.3) is 0 Å². The first-order valence-electron chi connectivity index (χ1n) is 5.50. The molecule has 5 nitrogen and oxygen atoms in total. The molecule has 94 valence electrons. The van der Waals surface area contributed by atoms with Crippen LogP contribution in [0.4, 0.5) is 11.4 Å². The standard InChI is InChI=1S/C11H12ClIN5/c1-6-2-3-11(15-6)16-9-5-10(17-18-14)8(13)4-7(9)12/h4-6,14H,2-3H2,1H3,(H,15,16)/q+1. The Balaban J connectivity index is 2.30. The molecule has 1 aromatic carbocycles. The Labute approximate surface area is 123 Å². The molecule has 0 radical (unpaired) electrons. The average Bonchev–Trinajstić information content (AvgIpc) is 2.71. The molecule has 1 atom stereocenters. The number of nitrogens with zero attached hydrogens (tertiary/aromatic N) is 3. The number of hydrogen-bond acceptors (Lipinski definition) is 4. The highest BCUT2D eigenvalue weighted by molar-refractivity contribution is 14.1. The Morgan fingerprint density at radius 2 is 2.39 bits per heavy atom. The average molecular weight is 377 g/mol. The van der Waals surface area contributed by atoms with Crippen molar-refractivity contribution in [1.82, 2.24) is 4.91 Å². The summed E-state index contributed by atoms with van der Waals surface area (Å²) < 4.78 is 0.862. The van der Waals surface area contributed by atoms with Gasteiger partial charge in [-0.2, -0.15) is 0 Å². The number of nitrogens with one attached hydrogen (secondary N) is 2. The van der Waals surface area contributed by atoms with Crippen molar-refractivity contribution in [3.05, 3.63) is 20.7 Å². The SMILES string of the molecule is CC1CCC(Nc2cc(N=[N+]=N)c(I)cc2Cl)=N1. The maximum absolute atomic E-state index is 6.79. The molecule has 0 bridgehead atoms. The topological polar surface area (TPSA) is 74.7 Å². The van der Waals surface area contributed by atoms with Crippen molar-refractivity contribution in [2.24, 2.45) is 10.1 Å². The molecule has 7 heteroatoms. The van der Waals surface area contributed by atoms with E-state index in [1.54, 1.807) is 12.1 Å². The summed E-state index contributed by atoms with van der Waals surface area (Å²) in [6, 6.07) is 3.95. The first-order valence-corrected chi connectivity index (χ1v) is 6.96. The van der Waals surface area contributed by atoms with Gasteiger partial charge in [0.1, 0.15) is 11.4 Å².